The molecule has 25 heavy (non-hydrogen) atoms. The average Bonchev–Trinajstić information content (AvgIpc) is 2.91. The van der Waals surface area contributed by atoms with E-state index in [1.165, 1.54) is 18.4 Å². The molecule has 0 atom stereocenters. The van der Waals surface area contributed by atoms with Crippen molar-refractivity contribution in [2.24, 2.45) is 0 Å². The van der Waals surface area contributed by atoms with Gasteiger partial charge >= 0.3 is 0 Å². The number of carbonyl (C=O) groups excluding carboxylic acids is 1. The molecule has 0 unspecified atom stereocenters. The summed E-state index contributed by atoms with van der Waals surface area (Å²) in [7, 11) is 3.07. The molecule has 7 heteroatoms. The first-order valence-corrected chi connectivity index (χ1v) is 8.42. The van der Waals surface area contributed by atoms with Crippen LogP contribution in [0.1, 0.15) is 17.5 Å². The number of carbonyl (C=O) groups is 1. The monoisotopic (exact) mass is 359 g/mol. The van der Waals surface area contributed by atoms with Gasteiger partial charge in [0.1, 0.15) is 11.3 Å². The number of thiazole rings is 1. The van der Waals surface area contributed by atoms with Crippen molar-refractivity contribution in [3.8, 4) is 5.88 Å². The number of hydrogen-bond donors (Lipinski definition) is 1. The van der Waals surface area contributed by atoms with E-state index in [2.05, 4.69) is 21.9 Å². The van der Waals surface area contributed by atoms with Crippen LogP contribution in [0.5, 0.6) is 5.88 Å². The summed E-state index contributed by atoms with van der Waals surface area (Å²) in [6, 6.07) is 1.76. The summed E-state index contributed by atoms with van der Waals surface area (Å²) in [5, 5.41) is 4.26. The number of allylic oxidation sites excluding steroid dienone is 1. The maximum absolute atomic E-state index is 13.0. The van der Waals surface area contributed by atoms with Crippen molar-refractivity contribution in [3.63, 3.8) is 0 Å². The normalized spacial score (nSPS) is 12.6. The Bertz CT molecular complexity index is 932. The highest BCUT2D eigenvalue weighted by Gasteiger charge is 2.19. The number of hydrogen-bond acceptors (Lipinski definition) is 6. The summed E-state index contributed by atoms with van der Waals surface area (Å²) in [4.78, 5) is 21.4. The maximum atomic E-state index is 13.0. The van der Waals surface area contributed by atoms with Crippen LogP contribution in [0.3, 0.4) is 0 Å². The average molecular weight is 359 g/mol. The van der Waals surface area contributed by atoms with Gasteiger partial charge in [0.15, 0.2) is 0 Å². The van der Waals surface area contributed by atoms with Crippen LogP contribution >= 0.6 is 11.3 Å². The van der Waals surface area contributed by atoms with Gasteiger partial charge in [-0.1, -0.05) is 6.58 Å². The first-order chi connectivity index (χ1) is 11.9. The zero-order chi connectivity index (χ0) is 18.6. The van der Waals surface area contributed by atoms with E-state index in [-0.39, 0.29) is 5.91 Å². The Morgan fingerprint density at radius 3 is 2.56 bits per heavy atom. The van der Waals surface area contributed by atoms with Gasteiger partial charge in [-0.05, 0) is 32.4 Å². The molecule has 2 heterocycles. The molecule has 0 bridgehead atoms. The minimum absolute atomic E-state index is 0.307. The summed E-state index contributed by atoms with van der Waals surface area (Å²) < 4.78 is 11.2. The predicted octanol–water partition coefficient (Wildman–Crippen LogP) is 1.91. The Kier molecular flexibility index (Phi) is 5.93. The second kappa shape index (κ2) is 7.94. The van der Waals surface area contributed by atoms with Crippen molar-refractivity contribution in [1.29, 1.82) is 0 Å². The van der Waals surface area contributed by atoms with Gasteiger partial charge in [-0.15, -0.1) is 11.3 Å². The molecule has 0 saturated carbocycles. The van der Waals surface area contributed by atoms with Crippen LogP contribution in [0.4, 0.5) is 5.69 Å². The number of aromatic nitrogens is 2. The number of nitrogens with one attached hydrogen (secondary N) is 1. The van der Waals surface area contributed by atoms with Crippen LogP contribution in [-0.2, 0) is 9.53 Å². The summed E-state index contributed by atoms with van der Waals surface area (Å²) >= 11 is 1.40. The second-order valence-corrected chi connectivity index (χ2v) is 6.44. The number of ether oxygens (including phenoxy) is 2. The van der Waals surface area contributed by atoms with Crippen LogP contribution in [0.15, 0.2) is 24.1 Å². The van der Waals surface area contributed by atoms with E-state index in [1.807, 2.05) is 20.8 Å². The van der Waals surface area contributed by atoms with Gasteiger partial charge in [0, 0.05) is 6.07 Å². The summed E-state index contributed by atoms with van der Waals surface area (Å²) in [6.45, 7) is 9.48. The lowest BCUT2D eigenvalue weighted by Gasteiger charge is -2.12. The van der Waals surface area contributed by atoms with Crippen molar-refractivity contribution < 1.29 is 14.3 Å². The van der Waals surface area contributed by atoms with Crippen LogP contribution in [0.2, 0.25) is 0 Å². The highest BCUT2D eigenvalue weighted by atomic mass is 32.1. The molecular weight excluding hydrogens is 338 g/mol. The van der Waals surface area contributed by atoms with Gasteiger partial charge in [-0.25, -0.2) is 9.97 Å². The van der Waals surface area contributed by atoms with E-state index in [4.69, 9.17) is 9.47 Å². The molecule has 0 aliphatic rings. The molecule has 2 aromatic heterocycles. The minimum atomic E-state index is -0.307. The number of amides is 1. The zero-order valence-electron chi connectivity index (χ0n) is 15.0. The standard InChI is InChI=1S/C18H21N3O3S/c1-7-14(23-5)16(17-11(3)20-12(4)25-17)18(22)21-13-9-19-15(24-6)8-10(13)2/h7-9H,3H2,1-2,4-6H3,(H,21,22)/b14-7+,17-16-. The molecule has 1 amide bonds. The quantitative estimate of drug-likeness (QED) is 0.826. The summed E-state index contributed by atoms with van der Waals surface area (Å²) in [6.07, 6.45) is 3.30. The molecule has 2 aromatic rings. The molecule has 0 saturated heterocycles. The van der Waals surface area contributed by atoms with Crippen LogP contribution in [0, 0.1) is 13.8 Å². The van der Waals surface area contributed by atoms with E-state index in [0.717, 1.165) is 10.6 Å². The Labute approximate surface area is 150 Å². The van der Waals surface area contributed by atoms with E-state index >= 15 is 0 Å². The topological polar surface area (TPSA) is 73.3 Å². The maximum Gasteiger partial charge on any atom is 0.260 e. The molecule has 0 fully saturated rings. The largest absolute Gasteiger partial charge is 0.496 e. The number of rotatable bonds is 5. The number of methoxy groups -OCH3 is 2. The second-order valence-electron chi connectivity index (χ2n) is 5.24. The van der Waals surface area contributed by atoms with E-state index < -0.39 is 0 Å². The van der Waals surface area contributed by atoms with Gasteiger partial charge in [-0.2, -0.15) is 0 Å². The van der Waals surface area contributed by atoms with Crippen molar-refractivity contribution in [3.05, 3.63) is 44.6 Å². The first kappa shape index (κ1) is 18.7. The fourth-order valence-corrected chi connectivity index (χ4v) is 3.22. The molecule has 0 aliphatic carbocycles. The smallest absolute Gasteiger partial charge is 0.260 e. The number of anilines is 1. The summed E-state index contributed by atoms with van der Waals surface area (Å²) in [5.74, 6) is 0.646. The van der Waals surface area contributed by atoms with Crippen molar-refractivity contribution in [2.75, 3.05) is 19.5 Å². The van der Waals surface area contributed by atoms with E-state index in [0.29, 0.717) is 32.8 Å². The number of nitrogens with zero attached hydrogens (tertiary/aromatic N) is 2. The molecular formula is C18H21N3O3S. The number of aryl methyl sites for hydroxylation is 2. The van der Waals surface area contributed by atoms with E-state index in [1.54, 1.807) is 25.4 Å². The van der Waals surface area contributed by atoms with Gasteiger partial charge in [0.2, 0.25) is 5.88 Å². The van der Waals surface area contributed by atoms with Crippen LogP contribution in [-0.4, -0.2) is 30.1 Å². The Hall–Kier alpha value is -2.67. The van der Waals surface area contributed by atoms with Crippen LogP contribution in [0.25, 0.3) is 12.2 Å². The third-order valence-corrected chi connectivity index (χ3v) is 4.56. The first-order valence-electron chi connectivity index (χ1n) is 7.60. The number of pyridine rings is 1. The Morgan fingerprint density at radius 1 is 1.36 bits per heavy atom. The predicted molar refractivity (Wildman–Crippen MR) is 100.0 cm³/mol. The van der Waals surface area contributed by atoms with Gasteiger partial charge < -0.3 is 14.8 Å². The Balaban J connectivity index is 2.53. The van der Waals surface area contributed by atoms with Crippen molar-refractivity contribution >= 4 is 35.1 Å². The lowest BCUT2D eigenvalue weighted by molar-refractivity contribution is -0.111. The van der Waals surface area contributed by atoms with Crippen molar-refractivity contribution in [2.45, 2.75) is 20.8 Å². The highest BCUT2D eigenvalue weighted by molar-refractivity contribution is 7.09. The van der Waals surface area contributed by atoms with Gasteiger partial charge in [0.25, 0.3) is 5.91 Å². The molecule has 1 N–H and O–H groups in total. The Morgan fingerprint density at radius 2 is 2.08 bits per heavy atom. The molecule has 2 rings (SSSR count). The SMILES string of the molecule is C=c1nc(C)s/c1=C(C(=O)Nc1cnc(OC)cc1C)/C(=C\C)OC. The molecule has 132 valence electrons. The van der Waals surface area contributed by atoms with Gasteiger partial charge in [-0.3, -0.25) is 4.79 Å². The fraction of sp³-hybridized carbons (Fsp3) is 0.278. The van der Waals surface area contributed by atoms with Gasteiger partial charge in [0.05, 0.1) is 41.0 Å². The van der Waals surface area contributed by atoms with Crippen LogP contribution < -0.4 is 19.9 Å². The molecule has 0 spiro atoms. The molecule has 0 radical (unpaired) electrons. The summed E-state index contributed by atoms with van der Waals surface area (Å²) in [5.41, 5.74) is 1.84. The lowest BCUT2D eigenvalue weighted by Crippen LogP contribution is -2.29. The molecule has 0 aliphatic heterocycles. The fourth-order valence-electron chi connectivity index (χ4n) is 2.31. The highest BCUT2D eigenvalue weighted by Crippen LogP contribution is 2.20. The third kappa shape index (κ3) is 4.06. The molecule has 0 aromatic carbocycles. The zero-order valence-corrected chi connectivity index (χ0v) is 15.8. The van der Waals surface area contributed by atoms with Crippen molar-refractivity contribution in [1.82, 2.24) is 9.97 Å². The minimum Gasteiger partial charge on any atom is -0.496 e. The third-order valence-electron chi connectivity index (χ3n) is 3.53. The van der Waals surface area contributed by atoms with E-state index in [9.17, 15) is 4.79 Å². The molecule has 6 nitrogen and oxygen atoms in total. The lowest BCUT2D eigenvalue weighted by atomic mass is 10.1.